The minimum Gasteiger partial charge on any atom is -0.399 e. The van der Waals surface area contributed by atoms with Crippen molar-refractivity contribution in [1.29, 1.82) is 0 Å². The van der Waals surface area contributed by atoms with E-state index in [9.17, 15) is 0 Å². The average molecular weight is 268 g/mol. The van der Waals surface area contributed by atoms with Crippen LogP contribution in [-0.4, -0.2) is 13.6 Å². The molecule has 0 radical (unpaired) electrons. The van der Waals surface area contributed by atoms with Gasteiger partial charge in [0.2, 0.25) is 0 Å². The van der Waals surface area contributed by atoms with Crippen molar-refractivity contribution < 1.29 is 0 Å². The van der Waals surface area contributed by atoms with Crippen LogP contribution in [0.5, 0.6) is 0 Å². The lowest BCUT2D eigenvalue weighted by Gasteiger charge is -2.19. The first-order valence-electron chi connectivity index (χ1n) is 7.34. The summed E-state index contributed by atoms with van der Waals surface area (Å²) in [7, 11) is 2.15. The smallest absolute Gasteiger partial charge is 0.0363 e. The first-order valence-corrected chi connectivity index (χ1v) is 7.34. The molecule has 106 valence electrons. The van der Waals surface area contributed by atoms with Gasteiger partial charge in [-0.05, 0) is 48.6 Å². The Kier molecular flexibility index (Phi) is 5.05. The zero-order valence-corrected chi connectivity index (χ0v) is 12.5. The van der Waals surface area contributed by atoms with Gasteiger partial charge in [-0.15, -0.1) is 0 Å². The average Bonchev–Trinajstić information content (AvgIpc) is 2.49. The van der Waals surface area contributed by atoms with Crippen LogP contribution in [0, 0.1) is 0 Å². The summed E-state index contributed by atoms with van der Waals surface area (Å²) < 4.78 is 0. The van der Waals surface area contributed by atoms with Gasteiger partial charge in [-0.25, -0.2) is 0 Å². The number of aryl methyl sites for hydroxylation is 2. The molecule has 0 heterocycles. The van der Waals surface area contributed by atoms with Gasteiger partial charge in [0.05, 0.1) is 0 Å². The van der Waals surface area contributed by atoms with Crippen LogP contribution < -0.4 is 10.6 Å². The van der Waals surface area contributed by atoms with Gasteiger partial charge in [0.25, 0.3) is 0 Å². The van der Waals surface area contributed by atoms with Crippen molar-refractivity contribution in [2.45, 2.75) is 26.2 Å². The summed E-state index contributed by atoms with van der Waals surface area (Å²) in [5, 5.41) is 0. The third-order valence-corrected chi connectivity index (χ3v) is 3.78. The second kappa shape index (κ2) is 6.99. The molecule has 2 aromatic carbocycles. The monoisotopic (exact) mass is 268 g/mol. The summed E-state index contributed by atoms with van der Waals surface area (Å²) in [6.07, 6.45) is 3.24. The minimum absolute atomic E-state index is 0.905. The summed E-state index contributed by atoms with van der Waals surface area (Å²) in [6, 6.07) is 17.0. The highest BCUT2D eigenvalue weighted by atomic mass is 15.1. The normalized spacial score (nSPS) is 10.5. The quantitative estimate of drug-likeness (QED) is 0.805. The van der Waals surface area contributed by atoms with E-state index in [1.54, 1.807) is 0 Å². The van der Waals surface area contributed by atoms with Crippen LogP contribution in [-0.2, 0) is 12.8 Å². The number of hydrogen-bond donors (Lipinski definition) is 1. The van der Waals surface area contributed by atoms with Gasteiger partial charge in [0.1, 0.15) is 0 Å². The standard InChI is InChI=1S/C18H24N2/c1-3-15-10-12-17(13-11-15)20(2)14-6-8-16-7-4-5-9-18(16)19/h4-5,7,9-13H,3,6,8,14,19H2,1-2H3. The van der Waals surface area contributed by atoms with Crippen LogP contribution in [0.25, 0.3) is 0 Å². The number of rotatable bonds is 6. The number of para-hydroxylation sites is 1. The fourth-order valence-corrected chi connectivity index (χ4v) is 2.38. The van der Waals surface area contributed by atoms with E-state index in [0.29, 0.717) is 0 Å². The molecule has 0 atom stereocenters. The van der Waals surface area contributed by atoms with E-state index in [0.717, 1.165) is 31.5 Å². The van der Waals surface area contributed by atoms with E-state index in [1.165, 1.54) is 16.8 Å². The van der Waals surface area contributed by atoms with Crippen molar-refractivity contribution in [2.75, 3.05) is 24.2 Å². The molecule has 0 amide bonds. The van der Waals surface area contributed by atoms with Gasteiger partial charge in [0, 0.05) is 25.0 Å². The maximum absolute atomic E-state index is 5.97. The largest absolute Gasteiger partial charge is 0.399 e. The van der Waals surface area contributed by atoms with Gasteiger partial charge < -0.3 is 10.6 Å². The molecule has 0 saturated carbocycles. The van der Waals surface area contributed by atoms with E-state index >= 15 is 0 Å². The Balaban J connectivity index is 1.85. The number of benzene rings is 2. The second-order valence-corrected chi connectivity index (χ2v) is 5.24. The fourth-order valence-electron chi connectivity index (χ4n) is 2.38. The van der Waals surface area contributed by atoms with Crippen molar-refractivity contribution in [3.63, 3.8) is 0 Å². The summed E-state index contributed by atoms with van der Waals surface area (Å²) in [6.45, 7) is 3.22. The topological polar surface area (TPSA) is 29.3 Å². The van der Waals surface area contributed by atoms with Crippen LogP contribution in [0.2, 0.25) is 0 Å². The Morgan fingerprint density at radius 3 is 2.35 bits per heavy atom. The lowest BCUT2D eigenvalue weighted by Crippen LogP contribution is -2.19. The highest BCUT2D eigenvalue weighted by molar-refractivity contribution is 5.48. The Morgan fingerprint density at radius 1 is 1.00 bits per heavy atom. The first kappa shape index (κ1) is 14.4. The molecular formula is C18H24N2. The molecule has 0 fully saturated rings. The molecule has 2 heteroatoms. The van der Waals surface area contributed by atoms with Gasteiger partial charge >= 0.3 is 0 Å². The van der Waals surface area contributed by atoms with E-state index in [2.05, 4.69) is 55.3 Å². The number of nitrogen functional groups attached to an aromatic ring is 1. The summed E-state index contributed by atoms with van der Waals surface area (Å²) in [5.74, 6) is 0. The molecule has 0 aliphatic rings. The molecule has 2 N–H and O–H groups in total. The predicted molar refractivity (Wildman–Crippen MR) is 88.3 cm³/mol. The Hall–Kier alpha value is -1.96. The first-order chi connectivity index (χ1) is 9.70. The Labute approximate surface area is 122 Å². The van der Waals surface area contributed by atoms with Crippen molar-refractivity contribution >= 4 is 11.4 Å². The predicted octanol–water partition coefficient (Wildman–Crippen LogP) is 3.90. The third-order valence-electron chi connectivity index (χ3n) is 3.78. The SMILES string of the molecule is CCc1ccc(N(C)CCCc2ccccc2N)cc1. The molecule has 0 unspecified atom stereocenters. The van der Waals surface area contributed by atoms with E-state index < -0.39 is 0 Å². The van der Waals surface area contributed by atoms with E-state index in [1.807, 2.05) is 12.1 Å². The maximum Gasteiger partial charge on any atom is 0.0363 e. The summed E-state index contributed by atoms with van der Waals surface area (Å²) in [4.78, 5) is 2.30. The molecule has 0 aromatic heterocycles. The lowest BCUT2D eigenvalue weighted by atomic mass is 10.1. The lowest BCUT2D eigenvalue weighted by molar-refractivity contribution is 0.787. The van der Waals surface area contributed by atoms with Gasteiger partial charge in [-0.1, -0.05) is 37.3 Å². The van der Waals surface area contributed by atoms with Crippen molar-refractivity contribution in [1.82, 2.24) is 0 Å². The third kappa shape index (κ3) is 3.77. The van der Waals surface area contributed by atoms with Crippen LogP contribution in [0.3, 0.4) is 0 Å². The van der Waals surface area contributed by atoms with Crippen LogP contribution in [0.1, 0.15) is 24.5 Å². The van der Waals surface area contributed by atoms with Gasteiger partial charge in [-0.3, -0.25) is 0 Å². The van der Waals surface area contributed by atoms with E-state index in [4.69, 9.17) is 5.73 Å². The molecule has 2 nitrogen and oxygen atoms in total. The Bertz CT molecular complexity index is 531. The molecule has 0 spiro atoms. The highest BCUT2D eigenvalue weighted by Gasteiger charge is 2.02. The number of hydrogen-bond acceptors (Lipinski definition) is 2. The van der Waals surface area contributed by atoms with Gasteiger partial charge in [-0.2, -0.15) is 0 Å². The molecule has 0 aliphatic heterocycles. The van der Waals surface area contributed by atoms with Crippen LogP contribution >= 0.6 is 0 Å². The maximum atomic E-state index is 5.97. The summed E-state index contributed by atoms with van der Waals surface area (Å²) in [5.41, 5.74) is 10.8. The van der Waals surface area contributed by atoms with Crippen LogP contribution in [0.4, 0.5) is 11.4 Å². The summed E-state index contributed by atoms with van der Waals surface area (Å²) >= 11 is 0. The van der Waals surface area contributed by atoms with Gasteiger partial charge in [0.15, 0.2) is 0 Å². The molecule has 0 bridgehead atoms. The molecule has 0 aliphatic carbocycles. The molecule has 2 aromatic rings. The second-order valence-electron chi connectivity index (χ2n) is 5.24. The van der Waals surface area contributed by atoms with Crippen molar-refractivity contribution in [3.8, 4) is 0 Å². The zero-order chi connectivity index (χ0) is 14.4. The highest BCUT2D eigenvalue weighted by Crippen LogP contribution is 2.16. The van der Waals surface area contributed by atoms with Crippen molar-refractivity contribution in [2.24, 2.45) is 0 Å². The molecule has 2 rings (SSSR count). The molecular weight excluding hydrogens is 244 g/mol. The zero-order valence-electron chi connectivity index (χ0n) is 12.5. The van der Waals surface area contributed by atoms with Crippen molar-refractivity contribution in [3.05, 3.63) is 59.7 Å². The number of anilines is 2. The fraction of sp³-hybridized carbons (Fsp3) is 0.333. The molecule has 0 saturated heterocycles. The molecule has 20 heavy (non-hydrogen) atoms. The number of nitrogens with two attached hydrogens (primary N) is 1. The minimum atomic E-state index is 0.905. The van der Waals surface area contributed by atoms with Crippen LogP contribution in [0.15, 0.2) is 48.5 Å². The number of nitrogens with zero attached hydrogens (tertiary/aromatic N) is 1. The van der Waals surface area contributed by atoms with E-state index in [-0.39, 0.29) is 0 Å². The Morgan fingerprint density at radius 2 is 1.70 bits per heavy atom.